The molecule has 3 heteroatoms. The Balaban J connectivity index is 2.23. The van der Waals surface area contributed by atoms with Crippen LogP contribution in [0.15, 0.2) is 53.3 Å². The lowest BCUT2D eigenvalue weighted by Gasteiger charge is -2.08. The zero-order valence-corrected chi connectivity index (χ0v) is 11.1. The van der Waals surface area contributed by atoms with Gasteiger partial charge in [0, 0.05) is 10.9 Å². The van der Waals surface area contributed by atoms with Crippen molar-refractivity contribution in [1.82, 2.24) is 4.98 Å². The van der Waals surface area contributed by atoms with Gasteiger partial charge < -0.3 is 9.72 Å². The first-order valence-electron chi connectivity index (χ1n) is 6.55. The molecule has 0 amide bonds. The van der Waals surface area contributed by atoms with Crippen molar-refractivity contribution in [2.75, 3.05) is 6.61 Å². The van der Waals surface area contributed by atoms with Gasteiger partial charge in [-0.05, 0) is 36.8 Å². The molecular weight excluding hydrogens is 250 g/mol. The number of benzene rings is 2. The van der Waals surface area contributed by atoms with Gasteiger partial charge in [-0.25, -0.2) is 0 Å². The first-order valence-corrected chi connectivity index (χ1v) is 6.55. The summed E-state index contributed by atoms with van der Waals surface area (Å²) in [5.74, 6) is 0.702. The molecule has 1 radical (unpaired) electrons. The van der Waals surface area contributed by atoms with Crippen LogP contribution in [-0.2, 0) is 0 Å². The monoisotopic (exact) mass is 264 g/mol. The summed E-state index contributed by atoms with van der Waals surface area (Å²) in [5.41, 5.74) is 2.12. The number of aromatic amines is 1. The number of aromatic nitrogens is 1. The highest BCUT2D eigenvalue weighted by Gasteiger charge is 2.08. The van der Waals surface area contributed by atoms with Crippen LogP contribution in [0.2, 0.25) is 0 Å². The van der Waals surface area contributed by atoms with Crippen LogP contribution in [0.25, 0.3) is 22.0 Å². The molecule has 0 atom stereocenters. The molecule has 0 fully saturated rings. The fourth-order valence-electron chi connectivity index (χ4n) is 2.26. The van der Waals surface area contributed by atoms with E-state index in [1.807, 2.05) is 55.5 Å². The normalized spacial score (nSPS) is 10.7. The molecule has 2 aromatic carbocycles. The molecule has 0 bridgehead atoms. The van der Waals surface area contributed by atoms with E-state index in [9.17, 15) is 4.79 Å². The Morgan fingerprint density at radius 2 is 2.15 bits per heavy atom. The molecule has 1 aromatic heterocycles. The minimum absolute atomic E-state index is 0.121. The van der Waals surface area contributed by atoms with Crippen LogP contribution in [0.4, 0.5) is 0 Å². The van der Waals surface area contributed by atoms with Crippen molar-refractivity contribution < 1.29 is 4.74 Å². The van der Waals surface area contributed by atoms with Crippen LogP contribution in [0.1, 0.15) is 6.92 Å². The van der Waals surface area contributed by atoms with Crippen LogP contribution >= 0.6 is 0 Å². The quantitative estimate of drug-likeness (QED) is 0.787. The summed E-state index contributed by atoms with van der Waals surface area (Å²) in [5, 5.41) is 0.953. The molecule has 1 N–H and O–H groups in total. The predicted octanol–water partition coefficient (Wildman–Crippen LogP) is 3.39. The van der Waals surface area contributed by atoms with Gasteiger partial charge in [-0.3, -0.25) is 4.79 Å². The molecule has 0 aliphatic carbocycles. The Morgan fingerprint density at radius 3 is 2.90 bits per heavy atom. The van der Waals surface area contributed by atoms with Gasteiger partial charge in [0.2, 0.25) is 0 Å². The van der Waals surface area contributed by atoms with Crippen LogP contribution in [0.5, 0.6) is 5.75 Å². The molecule has 0 saturated heterocycles. The number of para-hydroxylation sites is 1. The van der Waals surface area contributed by atoms with E-state index in [1.54, 1.807) is 0 Å². The maximum atomic E-state index is 12.3. The molecule has 0 unspecified atom stereocenters. The van der Waals surface area contributed by atoms with E-state index in [1.165, 1.54) is 0 Å². The van der Waals surface area contributed by atoms with Crippen molar-refractivity contribution >= 4 is 10.9 Å². The average Bonchev–Trinajstić information content (AvgIpc) is 2.48. The van der Waals surface area contributed by atoms with E-state index in [0.29, 0.717) is 17.9 Å². The highest BCUT2D eigenvalue weighted by atomic mass is 16.5. The fraction of sp³-hybridized carbons (Fsp3) is 0.118. The number of nitrogens with one attached hydrogen (secondary N) is 1. The number of H-pyrrole nitrogens is 1. The van der Waals surface area contributed by atoms with Crippen LogP contribution in [0, 0.1) is 6.07 Å². The Morgan fingerprint density at radius 1 is 1.25 bits per heavy atom. The van der Waals surface area contributed by atoms with Gasteiger partial charge >= 0.3 is 0 Å². The van der Waals surface area contributed by atoms with E-state index in [-0.39, 0.29) is 5.56 Å². The van der Waals surface area contributed by atoms with Crippen molar-refractivity contribution in [3.8, 4) is 16.9 Å². The molecule has 0 spiro atoms. The summed E-state index contributed by atoms with van der Waals surface area (Å²) in [7, 11) is 0. The van der Waals surface area contributed by atoms with Gasteiger partial charge in [0.25, 0.3) is 5.56 Å². The number of pyridine rings is 1. The van der Waals surface area contributed by atoms with E-state index in [0.717, 1.165) is 16.5 Å². The van der Waals surface area contributed by atoms with Crippen LogP contribution in [0.3, 0.4) is 0 Å². The van der Waals surface area contributed by atoms with E-state index >= 15 is 0 Å². The molecule has 1 heterocycles. The molecule has 0 aliphatic rings. The topological polar surface area (TPSA) is 42.1 Å². The van der Waals surface area contributed by atoms with Gasteiger partial charge in [-0.15, -0.1) is 0 Å². The van der Waals surface area contributed by atoms with E-state index in [2.05, 4.69) is 11.1 Å². The summed E-state index contributed by atoms with van der Waals surface area (Å²) >= 11 is 0. The SMILES string of the molecule is CCOc1cccc2cc(-c3c[c]ccc3)c(=O)[nH]c12. The highest BCUT2D eigenvalue weighted by Crippen LogP contribution is 2.25. The van der Waals surface area contributed by atoms with Gasteiger partial charge in [-0.1, -0.05) is 30.3 Å². The molecule has 99 valence electrons. The Bertz CT molecular complexity index is 791. The average molecular weight is 264 g/mol. The summed E-state index contributed by atoms with van der Waals surface area (Å²) in [4.78, 5) is 15.2. The molecule has 0 aliphatic heterocycles. The Kier molecular flexibility index (Phi) is 3.25. The van der Waals surface area contributed by atoms with Crippen molar-refractivity contribution in [3.63, 3.8) is 0 Å². The second-order valence-electron chi connectivity index (χ2n) is 4.46. The van der Waals surface area contributed by atoms with E-state index in [4.69, 9.17) is 4.74 Å². The van der Waals surface area contributed by atoms with Crippen molar-refractivity contribution in [2.24, 2.45) is 0 Å². The summed E-state index contributed by atoms with van der Waals surface area (Å²) in [6.07, 6.45) is 0. The third-order valence-corrected chi connectivity index (χ3v) is 3.16. The number of fused-ring (bicyclic) bond motifs is 1. The van der Waals surface area contributed by atoms with Crippen molar-refractivity contribution in [1.29, 1.82) is 0 Å². The molecule has 20 heavy (non-hydrogen) atoms. The molecule has 3 aromatic rings. The second kappa shape index (κ2) is 5.21. The number of ether oxygens (including phenoxy) is 1. The lowest BCUT2D eigenvalue weighted by Crippen LogP contribution is -2.09. The molecule has 0 saturated carbocycles. The zero-order chi connectivity index (χ0) is 13.9. The lowest BCUT2D eigenvalue weighted by atomic mass is 10.1. The zero-order valence-electron chi connectivity index (χ0n) is 11.1. The van der Waals surface area contributed by atoms with Crippen molar-refractivity contribution in [3.05, 3.63) is 65.0 Å². The maximum Gasteiger partial charge on any atom is 0.256 e. The Labute approximate surface area is 116 Å². The first kappa shape index (κ1) is 12.5. The third-order valence-electron chi connectivity index (χ3n) is 3.16. The lowest BCUT2D eigenvalue weighted by molar-refractivity contribution is 0.343. The highest BCUT2D eigenvalue weighted by molar-refractivity contribution is 5.87. The standard InChI is InChI=1S/C17H14NO2/c1-2-20-15-10-6-9-13-11-14(17(19)18-16(13)15)12-7-4-3-5-8-12/h3-4,6-11H,2H2,1H3,(H,18,19). The van der Waals surface area contributed by atoms with Gasteiger partial charge in [0.05, 0.1) is 12.1 Å². The molecule has 3 nitrogen and oxygen atoms in total. The van der Waals surface area contributed by atoms with Crippen LogP contribution < -0.4 is 10.3 Å². The van der Waals surface area contributed by atoms with Crippen LogP contribution in [-0.4, -0.2) is 11.6 Å². The minimum Gasteiger partial charge on any atom is -0.492 e. The number of hydrogen-bond acceptors (Lipinski definition) is 2. The molecule has 3 rings (SSSR count). The van der Waals surface area contributed by atoms with Gasteiger partial charge in [0.1, 0.15) is 5.75 Å². The van der Waals surface area contributed by atoms with E-state index < -0.39 is 0 Å². The largest absolute Gasteiger partial charge is 0.492 e. The smallest absolute Gasteiger partial charge is 0.256 e. The summed E-state index contributed by atoms with van der Waals surface area (Å²) in [6.45, 7) is 2.49. The molecular formula is C17H14NO2. The number of rotatable bonds is 3. The number of hydrogen-bond donors (Lipinski definition) is 1. The fourth-order valence-corrected chi connectivity index (χ4v) is 2.26. The minimum atomic E-state index is -0.121. The van der Waals surface area contributed by atoms with Gasteiger partial charge in [-0.2, -0.15) is 0 Å². The van der Waals surface area contributed by atoms with Gasteiger partial charge in [0.15, 0.2) is 0 Å². The first-order chi connectivity index (χ1) is 9.79. The third kappa shape index (κ3) is 2.18. The maximum absolute atomic E-state index is 12.3. The summed E-state index contributed by atoms with van der Waals surface area (Å²) < 4.78 is 5.54. The van der Waals surface area contributed by atoms with Crippen molar-refractivity contribution in [2.45, 2.75) is 6.92 Å². The second-order valence-corrected chi connectivity index (χ2v) is 4.46. The summed E-state index contributed by atoms with van der Waals surface area (Å²) in [6, 6.07) is 18.0. The Hall–Kier alpha value is -2.55. The predicted molar refractivity (Wildman–Crippen MR) is 80.0 cm³/mol.